The van der Waals surface area contributed by atoms with Crippen LogP contribution in [0.2, 0.25) is 0 Å². The molecule has 0 atom stereocenters. The number of carbonyl (C=O) groups is 2. The van der Waals surface area contributed by atoms with Crippen LogP contribution in [0.3, 0.4) is 0 Å². The maximum atomic E-state index is 11.5. The lowest BCUT2D eigenvalue weighted by atomic mass is 10.5. The van der Waals surface area contributed by atoms with Crippen LogP contribution in [0.4, 0.5) is 4.79 Å². The highest BCUT2D eigenvalue weighted by molar-refractivity contribution is 5.78. The lowest BCUT2D eigenvalue weighted by Gasteiger charge is -2.20. The zero-order valence-corrected chi connectivity index (χ0v) is 9.35. The Morgan fingerprint density at radius 2 is 2.06 bits per heavy atom. The molecule has 0 heterocycles. The average Bonchev–Trinajstić information content (AvgIpc) is 3.06. The van der Waals surface area contributed by atoms with E-state index in [0.717, 1.165) is 12.8 Å². The van der Waals surface area contributed by atoms with Crippen molar-refractivity contribution in [2.45, 2.75) is 25.8 Å². The Balaban J connectivity index is 2.40. The zero-order valence-electron chi connectivity index (χ0n) is 9.35. The molecule has 92 valence electrons. The van der Waals surface area contributed by atoms with Crippen LogP contribution >= 0.6 is 0 Å². The highest BCUT2D eigenvalue weighted by atomic mass is 16.6. The molecule has 6 heteroatoms. The van der Waals surface area contributed by atoms with Crippen molar-refractivity contribution in [3.8, 4) is 0 Å². The summed E-state index contributed by atoms with van der Waals surface area (Å²) < 4.78 is 9.53. The van der Waals surface area contributed by atoms with Gasteiger partial charge in [0.25, 0.3) is 0 Å². The molecule has 0 aromatic heterocycles. The maximum absolute atomic E-state index is 11.5. The Kier molecular flexibility index (Phi) is 5.04. The number of aliphatic hydroxyl groups is 1. The summed E-state index contributed by atoms with van der Waals surface area (Å²) in [6.07, 6.45) is 1.20. The zero-order chi connectivity index (χ0) is 12.0. The summed E-state index contributed by atoms with van der Waals surface area (Å²) in [4.78, 5) is 24.1. The Labute approximate surface area is 94.1 Å². The lowest BCUT2D eigenvalue weighted by Crippen LogP contribution is -2.38. The molecule has 1 saturated carbocycles. The molecule has 1 N–H and O–H groups in total. The van der Waals surface area contributed by atoms with Gasteiger partial charge in [0.05, 0.1) is 13.2 Å². The summed E-state index contributed by atoms with van der Waals surface area (Å²) in [6, 6.07) is 0.0793. The van der Waals surface area contributed by atoms with Crippen molar-refractivity contribution in [3.05, 3.63) is 0 Å². The number of ether oxygens (including phenoxy) is 2. The highest BCUT2D eigenvalue weighted by Gasteiger charge is 2.35. The van der Waals surface area contributed by atoms with Gasteiger partial charge in [-0.15, -0.1) is 0 Å². The smallest absolute Gasteiger partial charge is 0.410 e. The minimum Gasteiger partial charge on any atom is -0.465 e. The van der Waals surface area contributed by atoms with Crippen LogP contribution in [0.1, 0.15) is 19.8 Å². The molecule has 1 aliphatic carbocycles. The Hall–Kier alpha value is -1.30. The molecule has 0 saturated heterocycles. The number of carbonyl (C=O) groups excluding carboxylic acids is 2. The molecule has 0 aliphatic heterocycles. The molecule has 1 rings (SSSR count). The van der Waals surface area contributed by atoms with Gasteiger partial charge in [0, 0.05) is 6.04 Å². The van der Waals surface area contributed by atoms with Crippen molar-refractivity contribution in [1.82, 2.24) is 4.90 Å². The predicted octanol–water partition coefficient (Wildman–Crippen LogP) is 0.143. The minimum absolute atomic E-state index is 0.0507. The summed E-state index contributed by atoms with van der Waals surface area (Å²) in [5.41, 5.74) is 0. The number of amides is 1. The van der Waals surface area contributed by atoms with Crippen molar-refractivity contribution in [1.29, 1.82) is 0 Å². The monoisotopic (exact) mass is 231 g/mol. The first-order valence-corrected chi connectivity index (χ1v) is 5.39. The van der Waals surface area contributed by atoms with Gasteiger partial charge in [-0.2, -0.15) is 0 Å². The molecule has 0 bridgehead atoms. The Morgan fingerprint density at radius 1 is 1.38 bits per heavy atom. The van der Waals surface area contributed by atoms with Crippen molar-refractivity contribution in [2.75, 3.05) is 26.4 Å². The minimum atomic E-state index is -0.565. The van der Waals surface area contributed by atoms with Crippen LogP contribution in [0.15, 0.2) is 0 Å². The molecule has 0 unspecified atom stereocenters. The van der Waals surface area contributed by atoms with Crippen molar-refractivity contribution in [3.63, 3.8) is 0 Å². The van der Waals surface area contributed by atoms with E-state index in [0.29, 0.717) is 6.61 Å². The number of rotatable bonds is 6. The van der Waals surface area contributed by atoms with Gasteiger partial charge in [-0.05, 0) is 19.8 Å². The summed E-state index contributed by atoms with van der Waals surface area (Å²) in [6.45, 7) is 1.66. The van der Waals surface area contributed by atoms with Crippen LogP contribution < -0.4 is 0 Å². The third-order valence-corrected chi connectivity index (χ3v) is 2.14. The van der Waals surface area contributed by atoms with Crippen LogP contribution in [0.5, 0.6) is 0 Å². The second kappa shape index (κ2) is 6.32. The number of esters is 1. The fourth-order valence-corrected chi connectivity index (χ4v) is 1.29. The molecule has 1 fully saturated rings. The summed E-state index contributed by atoms with van der Waals surface area (Å²) >= 11 is 0. The van der Waals surface area contributed by atoms with E-state index in [9.17, 15) is 9.59 Å². The van der Waals surface area contributed by atoms with E-state index in [-0.39, 0.29) is 25.8 Å². The molecule has 0 spiro atoms. The van der Waals surface area contributed by atoms with Gasteiger partial charge in [-0.3, -0.25) is 9.69 Å². The van der Waals surface area contributed by atoms with E-state index in [2.05, 4.69) is 0 Å². The third kappa shape index (κ3) is 4.06. The molecule has 16 heavy (non-hydrogen) atoms. The van der Waals surface area contributed by atoms with E-state index in [1.54, 1.807) is 6.92 Å². The molecule has 0 radical (unpaired) electrons. The van der Waals surface area contributed by atoms with Crippen LogP contribution in [-0.4, -0.2) is 54.5 Å². The van der Waals surface area contributed by atoms with Crippen molar-refractivity contribution in [2.24, 2.45) is 0 Å². The van der Waals surface area contributed by atoms with E-state index in [1.165, 1.54) is 4.90 Å². The van der Waals surface area contributed by atoms with E-state index < -0.39 is 12.1 Å². The number of hydrogen-bond acceptors (Lipinski definition) is 5. The largest absolute Gasteiger partial charge is 0.465 e. The molecule has 1 aliphatic rings. The van der Waals surface area contributed by atoms with E-state index in [1.807, 2.05) is 0 Å². The standard InChI is InChI=1S/C10H17NO5/c1-2-15-9(13)7-11(8-3-4-8)10(14)16-6-5-12/h8,12H,2-7H2,1H3. The van der Waals surface area contributed by atoms with Crippen LogP contribution in [-0.2, 0) is 14.3 Å². The SMILES string of the molecule is CCOC(=O)CN(C(=O)OCCO)C1CC1. The lowest BCUT2D eigenvalue weighted by molar-refractivity contribution is -0.144. The molecule has 0 aromatic rings. The number of aliphatic hydroxyl groups excluding tert-OH is 1. The first-order chi connectivity index (χ1) is 7.69. The van der Waals surface area contributed by atoms with Gasteiger partial charge in [0.15, 0.2) is 0 Å². The second-order valence-electron chi connectivity index (χ2n) is 3.50. The van der Waals surface area contributed by atoms with Gasteiger partial charge in [-0.25, -0.2) is 4.79 Å². The fourth-order valence-electron chi connectivity index (χ4n) is 1.29. The van der Waals surface area contributed by atoms with Gasteiger partial charge >= 0.3 is 12.1 Å². The number of nitrogens with zero attached hydrogens (tertiary/aromatic N) is 1. The van der Waals surface area contributed by atoms with E-state index in [4.69, 9.17) is 14.6 Å². The summed E-state index contributed by atoms with van der Waals surface area (Å²) in [5.74, 6) is -0.435. The quantitative estimate of drug-likeness (QED) is 0.658. The topological polar surface area (TPSA) is 76.1 Å². The fraction of sp³-hybridized carbons (Fsp3) is 0.800. The van der Waals surface area contributed by atoms with E-state index >= 15 is 0 Å². The van der Waals surface area contributed by atoms with Crippen molar-refractivity contribution < 1.29 is 24.2 Å². The van der Waals surface area contributed by atoms with Gasteiger partial charge in [-0.1, -0.05) is 0 Å². The number of hydrogen-bond donors (Lipinski definition) is 1. The summed E-state index contributed by atoms with van der Waals surface area (Å²) in [5, 5.41) is 8.53. The molecule has 1 amide bonds. The van der Waals surface area contributed by atoms with Gasteiger partial charge in [0.2, 0.25) is 0 Å². The maximum Gasteiger partial charge on any atom is 0.410 e. The average molecular weight is 231 g/mol. The van der Waals surface area contributed by atoms with Crippen LogP contribution in [0.25, 0.3) is 0 Å². The highest BCUT2D eigenvalue weighted by Crippen LogP contribution is 2.27. The predicted molar refractivity (Wildman–Crippen MR) is 54.8 cm³/mol. The molecular formula is C10H17NO5. The third-order valence-electron chi connectivity index (χ3n) is 2.14. The van der Waals surface area contributed by atoms with Gasteiger partial charge < -0.3 is 14.6 Å². The first-order valence-electron chi connectivity index (χ1n) is 5.39. The molecule has 6 nitrogen and oxygen atoms in total. The molecule has 0 aromatic carbocycles. The Bertz CT molecular complexity index is 252. The normalized spacial score (nSPS) is 14.4. The summed E-state index contributed by atoms with van der Waals surface area (Å²) in [7, 11) is 0. The van der Waals surface area contributed by atoms with Gasteiger partial charge in [0.1, 0.15) is 13.2 Å². The molecular weight excluding hydrogens is 214 g/mol. The second-order valence-corrected chi connectivity index (χ2v) is 3.50. The Morgan fingerprint density at radius 3 is 2.56 bits per heavy atom. The van der Waals surface area contributed by atoms with Crippen LogP contribution in [0, 0.1) is 0 Å². The van der Waals surface area contributed by atoms with Crippen molar-refractivity contribution >= 4 is 12.1 Å². The first kappa shape index (κ1) is 12.8.